The Balaban J connectivity index is 2.31. The number of methoxy groups -OCH3 is 1. The predicted molar refractivity (Wildman–Crippen MR) is 84.8 cm³/mol. The van der Waals surface area contributed by atoms with E-state index in [-0.39, 0.29) is 19.1 Å². The van der Waals surface area contributed by atoms with Gasteiger partial charge < -0.3 is 24.7 Å². The lowest BCUT2D eigenvalue weighted by Gasteiger charge is -2.16. The Morgan fingerprint density at radius 2 is 2.00 bits per heavy atom. The van der Waals surface area contributed by atoms with Crippen LogP contribution in [0.4, 0.5) is 4.79 Å². The van der Waals surface area contributed by atoms with Crippen molar-refractivity contribution in [2.75, 3.05) is 26.8 Å². The Kier molecular flexibility index (Phi) is 8.26. The van der Waals surface area contributed by atoms with E-state index in [1.165, 1.54) is 30.9 Å². The first-order valence-electron chi connectivity index (χ1n) is 7.40. The van der Waals surface area contributed by atoms with Crippen molar-refractivity contribution in [3.05, 3.63) is 33.1 Å². The number of alkyl carbamates (subject to hydrolysis) is 1. The van der Waals surface area contributed by atoms with Crippen LogP contribution in [0, 0.1) is 0 Å². The van der Waals surface area contributed by atoms with Gasteiger partial charge in [0.25, 0.3) is 5.56 Å². The van der Waals surface area contributed by atoms with E-state index < -0.39 is 23.4 Å². The second-order valence-electron chi connectivity index (χ2n) is 4.96. The highest BCUT2D eigenvalue weighted by molar-refractivity contribution is 5.73. The molecule has 1 aromatic rings. The van der Waals surface area contributed by atoms with Gasteiger partial charge in [0.1, 0.15) is 6.61 Å². The average Bonchev–Trinajstić information content (AvgIpc) is 2.53. The number of carbonyl (C=O) groups excluding carboxylic acids is 2. The smallest absolute Gasteiger partial charge is 0.407 e. The number of aromatic amines is 1. The molecule has 2 amide bonds. The lowest BCUT2D eigenvalue weighted by Crippen LogP contribution is -2.35. The fraction of sp³-hybridized carbons (Fsp3) is 0.571. The number of nitrogens with one attached hydrogen (secondary N) is 3. The summed E-state index contributed by atoms with van der Waals surface area (Å²) in [6.45, 7) is 2.27. The van der Waals surface area contributed by atoms with Crippen LogP contribution in [-0.4, -0.2) is 54.5 Å². The number of ether oxygens (including phenoxy) is 2. The molecule has 0 saturated heterocycles. The summed E-state index contributed by atoms with van der Waals surface area (Å²) in [4.78, 5) is 46.8. The maximum Gasteiger partial charge on any atom is 0.407 e. The van der Waals surface area contributed by atoms with Crippen LogP contribution in [0.1, 0.15) is 13.3 Å². The Labute approximate surface area is 138 Å². The number of aromatic nitrogens is 2. The molecular weight excluding hydrogens is 320 g/mol. The van der Waals surface area contributed by atoms with Crippen molar-refractivity contribution in [1.29, 1.82) is 0 Å². The predicted octanol–water partition coefficient (Wildman–Crippen LogP) is -1.20. The van der Waals surface area contributed by atoms with Crippen molar-refractivity contribution in [1.82, 2.24) is 20.2 Å². The third-order valence-electron chi connectivity index (χ3n) is 3.09. The summed E-state index contributed by atoms with van der Waals surface area (Å²) >= 11 is 0. The molecule has 1 atom stereocenters. The molecule has 10 heteroatoms. The molecule has 0 aromatic carbocycles. The zero-order valence-electron chi connectivity index (χ0n) is 13.7. The minimum Gasteiger partial charge on any atom is -0.447 e. The second kappa shape index (κ2) is 10.2. The summed E-state index contributed by atoms with van der Waals surface area (Å²) in [5, 5.41) is 5.01. The van der Waals surface area contributed by atoms with Crippen LogP contribution >= 0.6 is 0 Å². The highest BCUT2D eigenvalue weighted by Gasteiger charge is 2.11. The van der Waals surface area contributed by atoms with Gasteiger partial charge in [0, 0.05) is 45.9 Å². The van der Waals surface area contributed by atoms with E-state index in [2.05, 4.69) is 15.6 Å². The van der Waals surface area contributed by atoms with E-state index >= 15 is 0 Å². The standard InChI is InChI=1S/C14H22N4O6/c1-10(19)15-5-6-16-14(22)24-9-11(23-2)3-7-18-8-4-12(20)17-13(18)21/h4,8,11H,3,5-7,9H2,1-2H3,(H,15,19)(H,16,22)(H,17,20,21). The summed E-state index contributed by atoms with van der Waals surface area (Å²) in [6, 6.07) is 1.25. The first-order valence-corrected chi connectivity index (χ1v) is 7.40. The molecule has 10 nitrogen and oxygen atoms in total. The lowest BCUT2D eigenvalue weighted by atomic mass is 10.2. The van der Waals surface area contributed by atoms with Crippen LogP contribution in [0.2, 0.25) is 0 Å². The van der Waals surface area contributed by atoms with Gasteiger partial charge in [0.2, 0.25) is 5.91 Å². The molecule has 134 valence electrons. The van der Waals surface area contributed by atoms with E-state index in [4.69, 9.17) is 9.47 Å². The molecule has 0 aliphatic carbocycles. The number of aryl methyl sites for hydroxylation is 1. The van der Waals surface area contributed by atoms with Crippen LogP contribution in [0.15, 0.2) is 21.9 Å². The zero-order chi connectivity index (χ0) is 17.9. The van der Waals surface area contributed by atoms with Crippen molar-refractivity contribution in [3.63, 3.8) is 0 Å². The van der Waals surface area contributed by atoms with E-state index in [1.54, 1.807) is 0 Å². The fourth-order valence-corrected chi connectivity index (χ4v) is 1.80. The average molecular weight is 342 g/mol. The first-order chi connectivity index (χ1) is 11.4. The van der Waals surface area contributed by atoms with Crippen LogP contribution < -0.4 is 21.9 Å². The van der Waals surface area contributed by atoms with E-state index in [1.807, 2.05) is 0 Å². The van der Waals surface area contributed by atoms with Gasteiger partial charge >= 0.3 is 11.8 Å². The largest absolute Gasteiger partial charge is 0.447 e. The second-order valence-corrected chi connectivity index (χ2v) is 4.96. The summed E-state index contributed by atoms with van der Waals surface area (Å²) in [6.07, 6.45) is 0.791. The minimum atomic E-state index is -0.622. The molecule has 0 saturated carbocycles. The van der Waals surface area contributed by atoms with Gasteiger partial charge in [-0.2, -0.15) is 0 Å². The maximum atomic E-state index is 11.5. The van der Waals surface area contributed by atoms with Gasteiger partial charge in [0.15, 0.2) is 0 Å². The molecule has 1 aromatic heterocycles. The quantitative estimate of drug-likeness (QED) is 0.483. The summed E-state index contributed by atoms with van der Waals surface area (Å²) < 4.78 is 11.5. The number of hydrogen-bond donors (Lipinski definition) is 3. The van der Waals surface area contributed by atoms with Gasteiger partial charge in [0.05, 0.1) is 6.10 Å². The number of nitrogens with zero attached hydrogens (tertiary/aromatic N) is 1. The molecule has 3 N–H and O–H groups in total. The summed E-state index contributed by atoms with van der Waals surface area (Å²) in [5.41, 5.74) is -0.965. The number of carbonyl (C=O) groups is 2. The highest BCUT2D eigenvalue weighted by atomic mass is 16.6. The van der Waals surface area contributed by atoms with Crippen molar-refractivity contribution < 1.29 is 19.1 Å². The zero-order valence-corrected chi connectivity index (χ0v) is 13.7. The van der Waals surface area contributed by atoms with Crippen molar-refractivity contribution in [3.8, 4) is 0 Å². The van der Waals surface area contributed by atoms with Gasteiger partial charge in [-0.05, 0) is 6.42 Å². The molecule has 0 aliphatic rings. The third-order valence-corrected chi connectivity index (χ3v) is 3.09. The Bertz CT molecular complexity index is 653. The van der Waals surface area contributed by atoms with Gasteiger partial charge in [-0.25, -0.2) is 9.59 Å². The number of H-pyrrole nitrogens is 1. The molecule has 1 heterocycles. The lowest BCUT2D eigenvalue weighted by molar-refractivity contribution is -0.118. The van der Waals surface area contributed by atoms with Crippen molar-refractivity contribution in [2.24, 2.45) is 0 Å². The van der Waals surface area contributed by atoms with Gasteiger partial charge in [-0.3, -0.25) is 14.6 Å². The topological polar surface area (TPSA) is 132 Å². The SMILES string of the molecule is COC(CCn1ccc(=O)[nH]c1=O)COC(=O)NCCNC(C)=O. The maximum absolute atomic E-state index is 11.5. The monoisotopic (exact) mass is 342 g/mol. The van der Waals surface area contributed by atoms with Crippen molar-refractivity contribution in [2.45, 2.75) is 26.0 Å². The first kappa shape index (κ1) is 19.4. The normalized spacial score (nSPS) is 11.6. The molecule has 0 bridgehead atoms. The molecule has 0 radical (unpaired) electrons. The molecular formula is C14H22N4O6. The summed E-state index contributed by atoms with van der Waals surface area (Å²) in [7, 11) is 1.47. The van der Waals surface area contributed by atoms with E-state index in [0.29, 0.717) is 19.5 Å². The molecule has 0 spiro atoms. The Morgan fingerprint density at radius 1 is 1.29 bits per heavy atom. The van der Waals surface area contributed by atoms with Crippen LogP contribution in [0.5, 0.6) is 0 Å². The van der Waals surface area contributed by atoms with Gasteiger partial charge in [-0.1, -0.05) is 0 Å². The molecule has 24 heavy (non-hydrogen) atoms. The number of amides is 2. The van der Waals surface area contributed by atoms with E-state index in [9.17, 15) is 19.2 Å². The van der Waals surface area contributed by atoms with Crippen LogP contribution in [0.3, 0.4) is 0 Å². The summed E-state index contributed by atoms with van der Waals surface area (Å²) in [5.74, 6) is -0.179. The molecule has 1 unspecified atom stereocenters. The van der Waals surface area contributed by atoms with Crippen molar-refractivity contribution >= 4 is 12.0 Å². The number of hydrogen-bond acceptors (Lipinski definition) is 6. The molecule has 1 rings (SSSR count). The van der Waals surface area contributed by atoms with Crippen LogP contribution in [0.25, 0.3) is 0 Å². The van der Waals surface area contributed by atoms with Crippen LogP contribution in [-0.2, 0) is 20.8 Å². The third kappa shape index (κ3) is 7.58. The Hall–Kier alpha value is -2.62. The fourth-order valence-electron chi connectivity index (χ4n) is 1.80. The number of rotatable bonds is 9. The highest BCUT2D eigenvalue weighted by Crippen LogP contribution is 2.00. The Morgan fingerprint density at radius 3 is 2.62 bits per heavy atom. The van der Waals surface area contributed by atoms with E-state index in [0.717, 1.165) is 0 Å². The molecule has 0 fully saturated rings. The van der Waals surface area contributed by atoms with Gasteiger partial charge in [-0.15, -0.1) is 0 Å². The molecule has 0 aliphatic heterocycles. The minimum absolute atomic E-state index is 0.0145.